The molecule has 0 atom stereocenters. The molecule has 0 bridgehead atoms. The fourth-order valence-electron chi connectivity index (χ4n) is 2.87. The van der Waals surface area contributed by atoms with Crippen LogP contribution in [0.5, 0.6) is 0 Å². The lowest BCUT2D eigenvalue weighted by molar-refractivity contribution is 0.0515. The van der Waals surface area contributed by atoms with Gasteiger partial charge in [0.15, 0.2) is 0 Å². The van der Waals surface area contributed by atoms with Gasteiger partial charge in [-0.1, -0.05) is 0 Å². The molecule has 130 valence electrons. The van der Waals surface area contributed by atoms with Crippen LogP contribution in [0.4, 0.5) is 0 Å². The van der Waals surface area contributed by atoms with Crippen LogP contribution in [0.2, 0.25) is 0 Å². The lowest BCUT2D eigenvalue weighted by atomic mass is 10.1. The van der Waals surface area contributed by atoms with Crippen molar-refractivity contribution in [2.24, 2.45) is 7.05 Å². The van der Waals surface area contributed by atoms with Crippen LogP contribution in [0.25, 0.3) is 0 Å². The topological polar surface area (TPSA) is 97.3 Å². The van der Waals surface area contributed by atoms with Crippen molar-refractivity contribution < 1.29 is 17.9 Å². The molecule has 0 amide bonds. The molecule has 9 heteroatoms. The monoisotopic (exact) mass is 352 g/mol. The number of esters is 1. The molecule has 0 saturated heterocycles. The molecule has 1 aliphatic rings. The van der Waals surface area contributed by atoms with E-state index in [0.717, 1.165) is 11.3 Å². The Morgan fingerprint density at radius 3 is 2.92 bits per heavy atom. The number of sulfonamides is 1. The maximum atomic E-state index is 13.0. The van der Waals surface area contributed by atoms with Crippen molar-refractivity contribution >= 4 is 16.0 Å². The molecule has 0 spiro atoms. The predicted molar refractivity (Wildman–Crippen MR) is 86.0 cm³/mol. The van der Waals surface area contributed by atoms with Crippen molar-refractivity contribution in [2.45, 2.75) is 31.7 Å². The summed E-state index contributed by atoms with van der Waals surface area (Å²) in [5.74, 6) is -0.527. The predicted octanol–water partition coefficient (Wildman–Crippen LogP) is 0.980. The molecule has 0 aliphatic carbocycles. The van der Waals surface area contributed by atoms with Crippen molar-refractivity contribution in [3.8, 4) is 0 Å². The van der Waals surface area contributed by atoms with Crippen LogP contribution in [0.1, 0.15) is 34.4 Å². The molecule has 0 radical (unpaired) electrons. The zero-order chi connectivity index (χ0) is 17.5. The van der Waals surface area contributed by atoms with E-state index in [2.05, 4.69) is 10.2 Å². The van der Waals surface area contributed by atoms with E-state index >= 15 is 0 Å². The Morgan fingerprint density at radius 1 is 1.46 bits per heavy atom. The molecule has 2 aromatic rings. The van der Waals surface area contributed by atoms with Crippen molar-refractivity contribution in [2.75, 3.05) is 13.2 Å². The van der Waals surface area contributed by atoms with Crippen LogP contribution in [-0.2, 0) is 34.8 Å². The maximum Gasteiger partial charge on any atom is 0.354 e. The zero-order valence-electron chi connectivity index (χ0n) is 13.9. The third kappa shape index (κ3) is 2.63. The molecule has 3 rings (SSSR count). The van der Waals surface area contributed by atoms with Gasteiger partial charge >= 0.3 is 5.97 Å². The van der Waals surface area contributed by atoms with Crippen LogP contribution in [0.3, 0.4) is 0 Å². The number of hydrogen-bond donors (Lipinski definition) is 1. The molecular weight excluding hydrogens is 332 g/mol. The quantitative estimate of drug-likeness (QED) is 0.827. The van der Waals surface area contributed by atoms with E-state index in [1.165, 1.54) is 10.4 Å². The fourth-order valence-corrected chi connectivity index (χ4v) is 4.56. The van der Waals surface area contributed by atoms with Gasteiger partial charge in [0, 0.05) is 43.5 Å². The highest BCUT2D eigenvalue weighted by molar-refractivity contribution is 7.89. The second-order valence-corrected chi connectivity index (χ2v) is 7.63. The molecule has 24 heavy (non-hydrogen) atoms. The first-order valence-electron chi connectivity index (χ1n) is 7.71. The lowest BCUT2D eigenvalue weighted by Crippen LogP contribution is -2.35. The lowest BCUT2D eigenvalue weighted by Gasteiger charge is -2.25. The largest absolute Gasteiger partial charge is 0.461 e. The van der Waals surface area contributed by atoms with Gasteiger partial charge in [-0.15, -0.1) is 0 Å². The first-order chi connectivity index (χ1) is 11.4. The smallest absolute Gasteiger partial charge is 0.354 e. The number of nitrogens with zero attached hydrogens (tertiary/aromatic N) is 3. The van der Waals surface area contributed by atoms with Crippen molar-refractivity contribution in [1.29, 1.82) is 0 Å². The van der Waals surface area contributed by atoms with Gasteiger partial charge in [0.05, 0.1) is 12.8 Å². The minimum absolute atomic E-state index is 0.139. The van der Waals surface area contributed by atoms with E-state index in [1.807, 2.05) is 0 Å². The van der Waals surface area contributed by atoms with Crippen LogP contribution in [-0.4, -0.2) is 46.6 Å². The molecule has 1 aliphatic heterocycles. The van der Waals surface area contributed by atoms with Crippen molar-refractivity contribution in [3.63, 3.8) is 0 Å². The number of rotatable bonds is 4. The number of hydrogen-bond acceptors (Lipinski definition) is 5. The molecule has 0 aromatic carbocycles. The number of carbonyl (C=O) groups is 1. The van der Waals surface area contributed by atoms with Gasteiger partial charge < -0.3 is 9.30 Å². The number of H-pyrrole nitrogens is 1. The van der Waals surface area contributed by atoms with E-state index in [0.29, 0.717) is 18.7 Å². The molecule has 0 fully saturated rings. The SMILES string of the molecule is CCOC(=O)c1cc(S(=O)(=O)N2CCc3[nH]ncc3C2)c(C)n1C. The molecular formula is C15H20N4O4S. The molecule has 0 unspecified atom stereocenters. The van der Waals surface area contributed by atoms with E-state index in [-0.39, 0.29) is 23.7 Å². The zero-order valence-corrected chi connectivity index (χ0v) is 14.7. The summed E-state index contributed by atoms with van der Waals surface area (Å²) in [7, 11) is -2.04. The highest BCUT2D eigenvalue weighted by Gasteiger charge is 2.33. The average Bonchev–Trinajstić information content (AvgIpc) is 3.12. The second-order valence-electron chi connectivity index (χ2n) is 5.72. The summed E-state index contributed by atoms with van der Waals surface area (Å²) in [6, 6.07) is 1.40. The molecule has 1 N–H and O–H groups in total. The van der Waals surface area contributed by atoms with Crippen LogP contribution >= 0.6 is 0 Å². The normalized spacial score (nSPS) is 15.3. The third-order valence-electron chi connectivity index (χ3n) is 4.36. The highest BCUT2D eigenvalue weighted by atomic mass is 32.2. The summed E-state index contributed by atoms with van der Waals surface area (Å²) in [6.07, 6.45) is 2.24. The number of fused-ring (bicyclic) bond motifs is 1. The summed E-state index contributed by atoms with van der Waals surface area (Å²) in [6.45, 7) is 4.28. The molecule has 3 heterocycles. The summed E-state index contributed by atoms with van der Waals surface area (Å²) in [4.78, 5) is 12.1. The van der Waals surface area contributed by atoms with Crippen LogP contribution < -0.4 is 0 Å². The van der Waals surface area contributed by atoms with E-state index in [1.54, 1.807) is 31.7 Å². The van der Waals surface area contributed by atoms with Gasteiger partial charge in [0.25, 0.3) is 0 Å². The van der Waals surface area contributed by atoms with Crippen LogP contribution in [0.15, 0.2) is 17.2 Å². The van der Waals surface area contributed by atoms with Gasteiger partial charge in [-0.2, -0.15) is 9.40 Å². The molecule has 0 saturated carbocycles. The van der Waals surface area contributed by atoms with Crippen molar-refractivity contribution in [3.05, 3.63) is 34.9 Å². The number of ether oxygens (including phenoxy) is 1. The van der Waals surface area contributed by atoms with E-state index < -0.39 is 16.0 Å². The standard InChI is InChI=1S/C15H20N4O4S/c1-4-23-15(20)13-7-14(10(2)18(13)3)24(21,22)19-6-5-12-11(9-19)8-16-17-12/h7-8H,4-6,9H2,1-3H3,(H,16,17). The maximum absolute atomic E-state index is 13.0. The summed E-state index contributed by atoms with van der Waals surface area (Å²) >= 11 is 0. The third-order valence-corrected chi connectivity index (χ3v) is 6.32. The number of aromatic nitrogens is 3. The molecule has 8 nitrogen and oxygen atoms in total. The fraction of sp³-hybridized carbons (Fsp3) is 0.467. The molecule has 2 aromatic heterocycles. The Balaban J connectivity index is 1.96. The number of nitrogens with one attached hydrogen (secondary N) is 1. The Kier molecular flexibility index (Phi) is 4.22. The summed E-state index contributed by atoms with van der Waals surface area (Å²) in [5.41, 5.74) is 2.59. The summed E-state index contributed by atoms with van der Waals surface area (Å²) in [5, 5.41) is 6.85. The van der Waals surface area contributed by atoms with Crippen LogP contribution in [0, 0.1) is 6.92 Å². The minimum Gasteiger partial charge on any atom is -0.461 e. The van der Waals surface area contributed by atoms with E-state index in [9.17, 15) is 13.2 Å². The van der Waals surface area contributed by atoms with Gasteiger partial charge in [0.1, 0.15) is 10.6 Å². The van der Waals surface area contributed by atoms with Gasteiger partial charge in [-0.3, -0.25) is 5.10 Å². The number of carbonyl (C=O) groups excluding carboxylic acids is 1. The second kappa shape index (κ2) is 6.06. The Hall–Kier alpha value is -2.13. The Morgan fingerprint density at radius 2 is 2.21 bits per heavy atom. The van der Waals surface area contributed by atoms with E-state index in [4.69, 9.17) is 4.74 Å². The summed E-state index contributed by atoms with van der Waals surface area (Å²) < 4.78 is 34.0. The number of aromatic amines is 1. The van der Waals surface area contributed by atoms with Gasteiger partial charge in [-0.05, 0) is 19.9 Å². The van der Waals surface area contributed by atoms with Gasteiger partial charge in [0.2, 0.25) is 10.0 Å². The minimum atomic E-state index is -3.70. The van der Waals surface area contributed by atoms with Gasteiger partial charge in [-0.25, -0.2) is 13.2 Å². The Labute approximate surface area is 140 Å². The van der Waals surface area contributed by atoms with Crippen molar-refractivity contribution in [1.82, 2.24) is 19.1 Å². The first-order valence-corrected chi connectivity index (χ1v) is 9.15. The average molecular weight is 352 g/mol. The highest BCUT2D eigenvalue weighted by Crippen LogP contribution is 2.27. The first kappa shape index (κ1) is 16.7. The Bertz CT molecular complexity index is 881.